The molecule has 168 valence electrons. The zero-order valence-electron chi connectivity index (χ0n) is 17.6. The van der Waals surface area contributed by atoms with Gasteiger partial charge < -0.3 is 14.8 Å². The standard InChI is InChI=1S/C25H19Cl3N2O3/c1-2-32-23-13-17(11-18(14-29)25(31)30-22-6-4-3-5-20(22)27)12-21(28)24(23)33-15-16-7-9-19(26)10-8-16/h3-13H,2,15H2,1H3,(H,30,31)/b18-11+. The van der Waals surface area contributed by atoms with Crippen LogP contribution >= 0.6 is 34.8 Å². The van der Waals surface area contributed by atoms with Gasteiger partial charge in [0.25, 0.3) is 5.91 Å². The van der Waals surface area contributed by atoms with Crippen molar-refractivity contribution in [2.75, 3.05) is 11.9 Å². The molecule has 33 heavy (non-hydrogen) atoms. The number of hydrogen-bond donors (Lipinski definition) is 1. The van der Waals surface area contributed by atoms with Crippen LogP contribution in [0, 0.1) is 11.3 Å². The summed E-state index contributed by atoms with van der Waals surface area (Å²) < 4.78 is 11.6. The van der Waals surface area contributed by atoms with E-state index in [4.69, 9.17) is 44.3 Å². The Morgan fingerprint density at radius 1 is 1.03 bits per heavy atom. The van der Waals surface area contributed by atoms with Crippen LogP contribution < -0.4 is 14.8 Å². The Balaban J connectivity index is 1.85. The maximum Gasteiger partial charge on any atom is 0.266 e. The molecule has 0 spiro atoms. The Morgan fingerprint density at radius 3 is 2.42 bits per heavy atom. The fraction of sp³-hybridized carbons (Fsp3) is 0.120. The highest BCUT2D eigenvalue weighted by atomic mass is 35.5. The van der Waals surface area contributed by atoms with Crippen LogP contribution in [0.5, 0.6) is 11.5 Å². The van der Waals surface area contributed by atoms with E-state index >= 15 is 0 Å². The Hall–Kier alpha value is -3.17. The maximum absolute atomic E-state index is 12.6. The van der Waals surface area contributed by atoms with Crippen molar-refractivity contribution in [1.82, 2.24) is 0 Å². The van der Waals surface area contributed by atoms with E-state index in [1.807, 2.05) is 25.1 Å². The Morgan fingerprint density at radius 2 is 1.76 bits per heavy atom. The number of halogens is 3. The number of nitrogens with one attached hydrogen (secondary N) is 1. The molecule has 0 radical (unpaired) electrons. The van der Waals surface area contributed by atoms with Gasteiger partial charge in [-0.2, -0.15) is 5.26 Å². The highest BCUT2D eigenvalue weighted by Crippen LogP contribution is 2.38. The first kappa shape index (κ1) is 24.5. The van der Waals surface area contributed by atoms with Crippen molar-refractivity contribution < 1.29 is 14.3 Å². The number of para-hydroxylation sites is 1. The van der Waals surface area contributed by atoms with E-state index in [9.17, 15) is 10.1 Å². The van der Waals surface area contributed by atoms with Gasteiger partial charge in [0, 0.05) is 5.02 Å². The van der Waals surface area contributed by atoms with E-state index < -0.39 is 5.91 Å². The van der Waals surface area contributed by atoms with Gasteiger partial charge in [-0.1, -0.05) is 59.1 Å². The van der Waals surface area contributed by atoms with Crippen LogP contribution in [0.4, 0.5) is 5.69 Å². The molecule has 0 fully saturated rings. The summed E-state index contributed by atoms with van der Waals surface area (Å²) in [4.78, 5) is 12.6. The van der Waals surface area contributed by atoms with Gasteiger partial charge in [-0.15, -0.1) is 0 Å². The molecule has 8 heteroatoms. The highest BCUT2D eigenvalue weighted by molar-refractivity contribution is 6.34. The quantitative estimate of drug-likeness (QED) is 0.262. The molecule has 5 nitrogen and oxygen atoms in total. The van der Waals surface area contributed by atoms with Gasteiger partial charge in [0.2, 0.25) is 0 Å². The Labute approximate surface area is 207 Å². The zero-order valence-corrected chi connectivity index (χ0v) is 19.8. The van der Waals surface area contributed by atoms with E-state index in [0.29, 0.717) is 39.4 Å². The first-order chi connectivity index (χ1) is 15.9. The van der Waals surface area contributed by atoms with Crippen LogP contribution in [-0.4, -0.2) is 12.5 Å². The van der Waals surface area contributed by atoms with E-state index in [-0.39, 0.29) is 17.2 Å². The number of carbonyl (C=O) groups excluding carboxylic acids is 1. The van der Waals surface area contributed by atoms with Gasteiger partial charge in [-0.3, -0.25) is 4.79 Å². The number of ether oxygens (including phenoxy) is 2. The molecule has 0 aliphatic carbocycles. The summed E-state index contributed by atoms with van der Waals surface area (Å²) in [5, 5.41) is 13.4. The third-order valence-corrected chi connectivity index (χ3v) is 5.29. The third-order valence-electron chi connectivity index (χ3n) is 4.43. The molecule has 0 aliphatic heterocycles. The molecule has 3 aromatic rings. The molecule has 1 N–H and O–H groups in total. The highest BCUT2D eigenvalue weighted by Gasteiger charge is 2.15. The van der Waals surface area contributed by atoms with Crippen LogP contribution in [0.2, 0.25) is 15.1 Å². The lowest BCUT2D eigenvalue weighted by molar-refractivity contribution is -0.112. The SMILES string of the molecule is CCOc1cc(/C=C(\C#N)C(=O)Nc2ccccc2Cl)cc(Cl)c1OCc1ccc(Cl)cc1. The van der Waals surface area contributed by atoms with E-state index in [1.54, 1.807) is 48.5 Å². The van der Waals surface area contributed by atoms with Crippen molar-refractivity contribution in [2.24, 2.45) is 0 Å². The normalized spacial score (nSPS) is 10.9. The molecule has 1 amide bonds. The number of amides is 1. The lowest BCUT2D eigenvalue weighted by Crippen LogP contribution is -2.13. The van der Waals surface area contributed by atoms with Gasteiger partial charge in [0.15, 0.2) is 11.5 Å². The number of hydrogen-bond acceptors (Lipinski definition) is 4. The minimum absolute atomic E-state index is 0.122. The molecular weight excluding hydrogens is 483 g/mol. The predicted molar refractivity (Wildman–Crippen MR) is 132 cm³/mol. The summed E-state index contributed by atoms with van der Waals surface area (Å²) in [7, 11) is 0. The lowest BCUT2D eigenvalue weighted by Gasteiger charge is -2.15. The summed E-state index contributed by atoms with van der Waals surface area (Å²) in [6, 6.07) is 19.2. The fourth-order valence-corrected chi connectivity index (χ4v) is 3.46. The zero-order chi connectivity index (χ0) is 23.8. The summed E-state index contributed by atoms with van der Waals surface area (Å²) >= 11 is 18.5. The molecule has 0 saturated heterocycles. The number of nitrogens with zero attached hydrogens (tertiary/aromatic N) is 1. The van der Waals surface area contributed by atoms with Crippen LogP contribution in [0.15, 0.2) is 66.2 Å². The van der Waals surface area contributed by atoms with E-state index in [2.05, 4.69) is 5.32 Å². The average molecular weight is 502 g/mol. The first-order valence-corrected chi connectivity index (χ1v) is 11.1. The lowest BCUT2D eigenvalue weighted by atomic mass is 10.1. The van der Waals surface area contributed by atoms with Crippen molar-refractivity contribution in [3.05, 3.63) is 92.4 Å². The van der Waals surface area contributed by atoms with Crippen LogP contribution in [-0.2, 0) is 11.4 Å². The van der Waals surface area contributed by atoms with E-state index in [1.165, 1.54) is 6.08 Å². The third kappa shape index (κ3) is 6.66. The minimum Gasteiger partial charge on any atom is -0.490 e. The number of benzene rings is 3. The molecule has 0 unspecified atom stereocenters. The predicted octanol–water partition coefficient (Wildman–Crippen LogP) is 7.17. The molecule has 0 atom stereocenters. The second-order valence-corrected chi connectivity index (χ2v) is 8.03. The Kier molecular flexibility index (Phi) is 8.62. The molecular formula is C25H19Cl3N2O3. The van der Waals surface area contributed by atoms with Crippen molar-refractivity contribution in [2.45, 2.75) is 13.5 Å². The molecule has 0 aromatic heterocycles. The van der Waals surface area contributed by atoms with Crippen LogP contribution in [0.1, 0.15) is 18.1 Å². The van der Waals surface area contributed by atoms with Crippen molar-refractivity contribution >= 4 is 52.5 Å². The summed E-state index contributed by atoms with van der Waals surface area (Å²) in [6.45, 7) is 2.46. The molecule has 3 aromatic carbocycles. The van der Waals surface area contributed by atoms with Gasteiger partial charge in [-0.25, -0.2) is 0 Å². The molecule has 0 saturated carbocycles. The van der Waals surface area contributed by atoms with Gasteiger partial charge in [0.1, 0.15) is 18.2 Å². The molecule has 0 heterocycles. The summed E-state index contributed by atoms with van der Waals surface area (Å²) in [5.41, 5.74) is 1.70. The monoisotopic (exact) mass is 500 g/mol. The van der Waals surface area contributed by atoms with Crippen molar-refractivity contribution in [1.29, 1.82) is 5.26 Å². The Bertz CT molecular complexity index is 1220. The van der Waals surface area contributed by atoms with Gasteiger partial charge in [0.05, 0.1) is 22.3 Å². The maximum atomic E-state index is 12.6. The minimum atomic E-state index is -0.595. The smallest absolute Gasteiger partial charge is 0.266 e. The van der Waals surface area contributed by atoms with Crippen LogP contribution in [0.3, 0.4) is 0 Å². The van der Waals surface area contributed by atoms with Gasteiger partial charge >= 0.3 is 0 Å². The number of anilines is 1. The number of carbonyl (C=O) groups is 1. The summed E-state index contributed by atoms with van der Waals surface area (Å²) in [5.74, 6) is 0.168. The van der Waals surface area contributed by atoms with Crippen LogP contribution in [0.25, 0.3) is 6.08 Å². The van der Waals surface area contributed by atoms with Crippen molar-refractivity contribution in [3.63, 3.8) is 0 Å². The largest absolute Gasteiger partial charge is 0.490 e. The summed E-state index contributed by atoms with van der Waals surface area (Å²) in [6.07, 6.45) is 1.42. The second kappa shape index (κ2) is 11.6. The van der Waals surface area contributed by atoms with E-state index in [0.717, 1.165) is 5.56 Å². The second-order valence-electron chi connectivity index (χ2n) is 6.78. The fourth-order valence-electron chi connectivity index (χ4n) is 2.88. The van der Waals surface area contributed by atoms with Crippen molar-refractivity contribution in [3.8, 4) is 17.6 Å². The van der Waals surface area contributed by atoms with Gasteiger partial charge in [-0.05, 0) is 60.5 Å². The molecule has 3 rings (SSSR count). The first-order valence-electron chi connectivity index (χ1n) is 9.92. The molecule has 0 aliphatic rings. The average Bonchev–Trinajstić information content (AvgIpc) is 2.79. The topological polar surface area (TPSA) is 71.3 Å². The number of rotatable bonds is 8. The number of nitriles is 1. The molecule has 0 bridgehead atoms.